The van der Waals surface area contributed by atoms with Crippen LogP contribution in [0, 0.1) is 12.7 Å². The highest BCUT2D eigenvalue weighted by molar-refractivity contribution is 5.96. The molecule has 3 aliphatic rings. The van der Waals surface area contributed by atoms with Crippen molar-refractivity contribution in [3.05, 3.63) is 52.7 Å². The van der Waals surface area contributed by atoms with Gasteiger partial charge in [-0.05, 0) is 56.4 Å². The lowest BCUT2D eigenvalue weighted by atomic mass is 9.96. The number of fused-ring (bicyclic) bond motifs is 8. The highest BCUT2D eigenvalue weighted by Crippen LogP contribution is 2.40. The summed E-state index contributed by atoms with van der Waals surface area (Å²) >= 11 is 0. The summed E-state index contributed by atoms with van der Waals surface area (Å²) in [7, 11) is 1.85. The minimum Gasteiger partial charge on any atom is -0.348 e. The predicted molar refractivity (Wildman–Crippen MR) is 115 cm³/mol. The van der Waals surface area contributed by atoms with Gasteiger partial charge in [0.1, 0.15) is 11.5 Å². The molecule has 9 heteroatoms. The third-order valence-electron chi connectivity index (χ3n) is 6.67. The van der Waals surface area contributed by atoms with E-state index in [1.165, 1.54) is 12.1 Å². The molecule has 1 aliphatic carbocycles. The molecule has 2 aliphatic heterocycles. The number of benzene rings is 1. The zero-order chi connectivity index (χ0) is 22.0. The molecular formula is C23H24FN7O. The lowest BCUT2D eigenvalue weighted by molar-refractivity contribution is 0.0726. The van der Waals surface area contributed by atoms with Crippen molar-refractivity contribution in [3.63, 3.8) is 0 Å². The Kier molecular flexibility index (Phi) is 4.28. The Hall–Kier alpha value is -3.36. The van der Waals surface area contributed by atoms with Crippen LogP contribution < -0.4 is 4.90 Å². The highest BCUT2D eigenvalue weighted by atomic mass is 19.1. The van der Waals surface area contributed by atoms with Crippen molar-refractivity contribution in [1.82, 2.24) is 29.9 Å². The second-order valence-corrected chi connectivity index (χ2v) is 8.95. The van der Waals surface area contributed by atoms with Gasteiger partial charge in [0.2, 0.25) is 0 Å². The molecule has 1 amide bonds. The van der Waals surface area contributed by atoms with Crippen molar-refractivity contribution >= 4 is 11.7 Å². The molecule has 4 heterocycles. The van der Waals surface area contributed by atoms with Gasteiger partial charge in [-0.2, -0.15) is 5.10 Å². The zero-order valence-corrected chi connectivity index (χ0v) is 18.1. The van der Waals surface area contributed by atoms with Crippen LogP contribution in [-0.2, 0) is 13.6 Å². The summed E-state index contributed by atoms with van der Waals surface area (Å²) in [6.45, 7) is 3.01. The Morgan fingerprint density at radius 1 is 1.09 bits per heavy atom. The predicted octanol–water partition coefficient (Wildman–Crippen LogP) is 3.18. The molecule has 0 radical (unpaired) electrons. The first kappa shape index (κ1) is 19.3. The minimum atomic E-state index is -0.335. The van der Waals surface area contributed by atoms with E-state index in [9.17, 15) is 9.18 Å². The number of carbonyl (C=O) groups is 1. The van der Waals surface area contributed by atoms with Crippen LogP contribution in [0.2, 0.25) is 0 Å². The van der Waals surface area contributed by atoms with Crippen LogP contribution in [0.3, 0.4) is 0 Å². The van der Waals surface area contributed by atoms with Crippen LogP contribution in [0.15, 0.2) is 24.4 Å². The number of rotatable bonds is 1. The summed E-state index contributed by atoms with van der Waals surface area (Å²) in [4.78, 5) is 22.8. The van der Waals surface area contributed by atoms with Crippen molar-refractivity contribution in [1.29, 1.82) is 0 Å². The maximum atomic E-state index is 14.4. The Morgan fingerprint density at radius 2 is 1.94 bits per heavy atom. The maximum Gasteiger partial charge on any atom is 0.254 e. The number of nitrogens with zero attached hydrogens (tertiary/aromatic N) is 7. The Morgan fingerprint density at radius 3 is 2.75 bits per heavy atom. The monoisotopic (exact) mass is 433 g/mol. The van der Waals surface area contributed by atoms with E-state index >= 15 is 0 Å². The van der Waals surface area contributed by atoms with E-state index < -0.39 is 0 Å². The summed E-state index contributed by atoms with van der Waals surface area (Å²) in [5, 5.41) is 13.4. The van der Waals surface area contributed by atoms with Crippen molar-refractivity contribution in [2.75, 3.05) is 11.4 Å². The van der Waals surface area contributed by atoms with Crippen molar-refractivity contribution in [3.8, 4) is 11.4 Å². The van der Waals surface area contributed by atoms with Crippen LogP contribution in [0.4, 0.5) is 10.2 Å². The largest absolute Gasteiger partial charge is 0.348 e. The van der Waals surface area contributed by atoms with Gasteiger partial charge in [-0.3, -0.25) is 9.48 Å². The lowest BCUT2D eigenvalue weighted by Gasteiger charge is -2.30. The molecule has 2 fully saturated rings. The molecule has 164 valence electrons. The normalized spacial score (nSPS) is 20.3. The van der Waals surface area contributed by atoms with Gasteiger partial charge < -0.3 is 9.80 Å². The van der Waals surface area contributed by atoms with Gasteiger partial charge >= 0.3 is 0 Å². The second-order valence-electron chi connectivity index (χ2n) is 8.95. The van der Waals surface area contributed by atoms with E-state index in [-0.39, 0.29) is 23.8 Å². The second kappa shape index (κ2) is 7.08. The number of aryl methyl sites for hydroxylation is 2. The fraction of sp³-hybridized carbons (Fsp3) is 0.435. The zero-order valence-electron chi connectivity index (χ0n) is 18.1. The van der Waals surface area contributed by atoms with E-state index in [1.54, 1.807) is 10.7 Å². The fourth-order valence-corrected chi connectivity index (χ4v) is 5.01. The van der Waals surface area contributed by atoms with Gasteiger partial charge in [0.15, 0.2) is 11.6 Å². The molecule has 0 unspecified atom stereocenters. The topological polar surface area (TPSA) is 80.0 Å². The summed E-state index contributed by atoms with van der Waals surface area (Å²) < 4.78 is 16.1. The van der Waals surface area contributed by atoms with E-state index in [1.807, 2.05) is 25.1 Å². The van der Waals surface area contributed by atoms with E-state index in [2.05, 4.69) is 20.2 Å². The number of hydrogen-bond acceptors (Lipinski definition) is 6. The molecule has 2 aromatic heterocycles. The van der Waals surface area contributed by atoms with E-state index in [0.29, 0.717) is 23.6 Å². The molecule has 0 spiro atoms. The lowest BCUT2D eigenvalue weighted by Crippen LogP contribution is -2.35. The molecule has 1 saturated heterocycles. The van der Waals surface area contributed by atoms with Crippen molar-refractivity contribution in [2.24, 2.45) is 7.05 Å². The Labute approximate surface area is 185 Å². The first-order valence-electron chi connectivity index (χ1n) is 11.1. The third-order valence-corrected chi connectivity index (χ3v) is 6.67. The Balaban J connectivity index is 1.61. The number of anilines is 1. The van der Waals surface area contributed by atoms with Gasteiger partial charge in [0.05, 0.1) is 23.8 Å². The minimum absolute atomic E-state index is 0.0639. The van der Waals surface area contributed by atoms with Gasteiger partial charge in [0.25, 0.3) is 5.91 Å². The quantitative estimate of drug-likeness (QED) is 0.587. The standard InChI is InChI=1S/C23H24FN7O/c1-13-22-25-21(27-26-13)18-11-29(2)28-19(18)12-31(15-6-7-15)23(32)16-8-5-14(24)10-17(16)20-4-3-9-30(20)22/h5,8,10-11,15,20H,3-4,6-7,9,12H2,1-2H3/t20-/m1/s1. The number of aromatic nitrogens is 5. The van der Waals surface area contributed by atoms with Gasteiger partial charge in [0, 0.05) is 31.4 Å². The van der Waals surface area contributed by atoms with Crippen LogP contribution in [0.5, 0.6) is 0 Å². The van der Waals surface area contributed by atoms with Crippen molar-refractivity contribution < 1.29 is 9.18 Å². The molecular weight excluding hydrogens is 409 g/mol. The number of hydrogen-bond donors (Lipinski definition) is 0. The molecule has 32 heavy (non-hydrogen) atoms. The summed E-state index contributed by atoms with van der Waals surface area (Å²) in [6.07, 6.45) is 5.57. The van der Waals surface area contributed by atoms with Gasteiger partial charge in [-0.1, -0.05) is 0 Å². The smallest absolute Gasteiger partial charge is 0.254 e. The van der Waals surface area contributed by atoms with E-state index in [4.69, 9.17) is 4.98 Å². The maximum absolute atomic E-state index is 14.4. The van der Waals surface area contributed by atoms with Gasteiger partial charge in [-0.25, -0.2) is 9.37 Å². The Bertz CT molecular complexity index is 1240. The fourth-order valence-electron chi connectivity index (χ4n) is 5.01. The molecule has 1 atom stereocenters. The molecule has 0 N–H and O–H groups in total. The number of carbonyl (C=O) groups excluding carboxylic acids is 1. The van der Waals surface area contributed by atoms with Crippen LogP contribution in [-0.4, -0.2) is 48.4 Å². The first-order valence-corrected chi connectivity index (χ1v) is 11.1. The molecule has 8 nitrogen and oxygen atoms in total. The van der Waals surface area contributed by atoms with Crippen LogP contribution >= 0.6 is 0 Å². The molecule has 1 aromatic carbocycles. The van der Waals surface area contributed by atoms with Crippen LogP contribution in [0.1, 0.15) is 59.0 Å². The number of amides is 1. The first-order chi connectivity index (χ1) is 15.5. The van der Waals surface area contributed by atoms with Crippen molar-refractivity contribution in [2.45, 2.75) is 51.2 Å². The van der Waals surface area contributed by atoms with Crippen LogP contribution in [0.25, 0.3) is 11.4 Å². The SMILES string of the molecule is Cc1nnc2nc1N1CCC[C@@H]1c1cc(F)ccc1C(=O)N(C1CC1)Cc1nn(C)cc1-2. The van der Waals surface area contributed by atoms with Gasteiger partial charge in [-0.15, -0.1) is 10.2 Å². The summed E-state index contributed by atoms with van der Waals surface area (Å²) in [5.41, 5.74) is 3.53. The molecule has 2 bridgehead atoms. The molecule has 1 saturated carbocycles. The third kappa shape index (κ3) is 3.06. The highest BCUT2D eigenvalue weighted by Gasteiger charge is 2.38. The summed E-state index contributed by atoms with van der Waals surface area (Å²) in [6, 6.07) is 4.58. The average Bonchev–Trinajstić information content (AvgIpc) is 3.38. The number of halogens is 1. The summed E-state index contributed by atoms with van der Waals surface area (Å²) in [5.74, 6) is 0.835. The average molecular weight is 433 g/mol. The molecule has 6 rings (SSSR count). The molecule has 3 aromatic rings. The van der Waals surface area contributed by atoms with E-state index in [0.717, 1.165) is 54.9 Å².